The summed E-state index contributed by atoms with van der Waals surface area (Å²) in [5.74, 6) is -0.0512. The molecule has 1 amide bonds. The number of Topliss-reactive ketones (excluding diaryl/α,β-unsaturated/α-hetero) is 1. The summed E-state index contributed by atoms with van der Waals surface area (Å²) >= 11 is 7.49. The van der Waals surface area contributed by atoms with Gasteiger partial charge in [-0.1, -0.05) is 6.92 Å². The van der Waals surface area contributed by atoms with Gasteiger partial charge in [-0.05, 0) is 12.8 Å². The van der Waals surface area contributed by atoms with E-state index in [0.717, 1.165) is 12.8 Å². The van der Waals surface area contributed by atoms with Crippen LogP contribution in [0, 0.1) is 0 Å². The zero-order valence-electron chi connectivity index (χ0n) is 9.06. The van der Waals surface area contributed by atoms with Crippen molar-refractivity contribution in [1.29, 1.82) is 0 Å². The van der Waals surface area contributed by atoms with Crippen molar-refractivity contribution in [3.63, 3.8) is 0 Å². The van der Waals surface area contributed by atoms with E-state index >= 15 is 0 Å². The predicted octanol–water partition coefficient (Wildman–Crippen LogP) is 0.922. The molecular weight excluding hydrogens is 248 g/mol. The maximum absolute atomic E-state index is 12.0. The van der Waals surface area contributed by atoms with Crippen molar-refractivity contribution in [2.24, 2.45) is 5.73 Å². The number of amides is 1. The Morgan fingerprint density at radius 1 is 1.62 bits per heavy atom. The molecule has 0 aromatic rings. The summed E-state index contributed by atoms with van der Waals surface area (Å²) in [6, 6.07) is -0.960. The van der Waals surface area contributed by atoms with E-state index in [-0.39, 0.29) is 27.8 Å². The van der Waals surface area contributed by atoms with Crippen LogP contribution in [0.1, 0.15) is 26.2 Å². The van der Waals surface area contributed by atoms with E-state index in [1.165, 1.54) is 11.8 Å². The minimum atomic E-state index is -0.687. The molecule has 0 spiro atoms. The SMILES string of the molecule is CCC(=O)C1CCC2SC(Cl)C(N)C(=O)N21. The lowest BCUT2D eigenvalue weighted by Crippen LogP contribution is -2.57. The molecule has 2 fully saturated rings. The second kappa shape index (κ2) is 4.55. The lowest BCUT2D eigenvalue weighted by Gasteiger charge is -2.38. The lowest BCUT2D eigenvalue weighted by molar-refractivity contribution is -0.139. The van der Waals surface area contributed by atoms with Crippen molar-refractivity contribution in [1.82, 2.24) is 4.90 Å². The topological polar surface area (TPSA) is 63.4 Å². The Bertz CT molecular complexity index is 326. The van der Waals surface area contributed by atoms with Crippen LogP contribution in [0.4, 0.5) is 0 Å². The van der Waals surface area contributed by atoms with E-state index in [1.54, 1.807) is 4.90 Å². The smallest absolute Gasteiger partial charge is 0.243 e. The van der Waals surface area contributed by atoms with Gasteiger partial charge in [0.1, 0.15) is 10.8 Å². The molecule has 2 aliphatic heterocycles. The summed E-state index contributed by atoms with van der Waals surface area (Å²) in [4.78, 5) is 25.4. The number of hydrogen-bond donors (Lipinski definition) is 1. The van der Waals surface area contributed by atoms with Gasteiger partial charge < -0.3 is 10.6 Å². The van der Waals surface area contributed by atoms with Gasteiger partial charge in [-0.2, -0.15) is 0 Å². The highest BCUT2D eigenvalue weighted by molar-refractivity contribution is 8.01. The molecule has 6 heteroatoms. The van der Waals surface area contributed by atoms with E-state index < -0.39 is 6.04 Å². The first-order chi connectivity index (χ1) is 7.56. The molecule has 4 unspecified atom stereocenters. The highest BCUT2D eigenvalue weighted by atomic mass is 35.5. The van der Waals surface area contributed by atoms with Crippen LogP contribution < -0.4 is 5.73 Å². The van der Waals surface area contributed by atoms with E-state index in [1.807, 2.05) is 6.92 Å². The van der Waals surface area contributed by atoms with E-state index in [0.29, 0.717) is 6.42 Å². The minimum Gasteiger partial charge on any atom is -0.319 e. The second-order valence-corrected chi connectivity index (χ2v) is 6.18. The molecule has 0 aromatic carbocycles. The fourth-order valence-electron chi connectivity index (χ4n) is 2.28. The summed E-state index contributed by atoms with van der Waals surface area (Å²) in [7, 11) is 0. The monoisotopic (exact) mass is 262 g/mol. The van der Waals surface area contributed by atoms with Crippen LogP contribution in [0.3, 0.4) is 0 Å². The van der Waals surface area contributed by atoms with Gasteiger partial charge in [-0.15, -0.1) is 23.4 Å². The van der Waals surface area contributed by atoms with Crippen LogP contribution in [0.15, 0.2) is 0 Å². The Hall–Kier alpha value is -0.260. The van der Waals surface area contributed by atoms with Crippen LogP contribution in [-0.4, -0.2) is 38.8 Å². The number of alkyl halides is 1. The Morgan fingerprint density at radius 2 is 2.31 bits per heavy atom. The number of carbonyl (C=O) groups excluding carboxylic acids is 2. The molecule has 2 saturated heterocycles. The van der Waals surface area contributed by atoms with Crippen molar-refractivity contribution >= 4 is 35.1 Å². The van der Waals surface area contributed by atoms with Crippen molar-refractivity contribution in [3.05, 3.63) is 0 Å². The first-order valence-corrected chi connectivity index (χ1v) is 6.84. The van der Waals surface area contributed by atoms with Gasteiger partial charge in [0.05, 0.1) is 11.4 Å². The van der Waals surface area contributed by atoms with Crippen molar-refractivity contribution in [2.45, 2.75) is 48.4 Å². The van der Waals surface area contributed by atoms with Crippen LogP contribution in [-0.2, 0) is 9.59 Å². The number of nitrogens with two attached hydrogens (primary N) is 1. The van der Waals surface area contributed by atoms with Gasteiger partial charge in [0.2, 0.25) is 5.91 Å². The third-order valence-corrected chi connectivity index (χ3v) is 5.07. The highest BCUT2D eigenvalue weighted by Crippen LogP contribution is 2.41. The second-order valence-electron chi connectivity index (χ2n) is 4.13. The van der Waals surface area contributed by atoms with Gasteiger partial charge >= 0.3 is 0 Å². The van der Waals surface area contributed by atoms with E-state index in [9.17, 15) is 9.59 Å². The number of ketones is 1. The average Bonchev–Trinajstić information content (AvgIpc) is 2.68. The largest absolute Gasteiger partial charge is 0.319 e. The standard InChI is InChI=1S/C10H15ClN2O2S/c1-2-6(14)5-3-4-7-13(5)10(15)8(12)9(11)16-7/h5,7-9H,2-4,12H2,1H3. The van der Waals surface area contributed by atoms with Gasteiger partial charge in [0.25, 0.3) is 0 Å². The highest BCUT2D eigenvalue weighted by Gasteiger charge is 2.48. The molecule has 0 bridgehead atoms. The number of rotatable bonds is 2. The molecule has 0 radical (unpaired) electrons. The first-order valence-electron chi connectivity index (χ1n) is 5.46. The fourth-order valence-corrected chi connectivity index (χ4v) is 3.98. The van der Waals surface area contributed by atoms with E-state index in [4.69, 9.17) is 17.3 Å². The quantitative estimate of drug-likeness (QED) is 0.752. The third-order valence-electron chi connectivity index (χ3n) is 3.16. The number of hydrogen-bond acceptors (Lipinski definition) is 4. The van der Waals surface area contributed by atoms with Gasteiger partial charge in [-0.25, -0.2) is 0 Å². The van der Waals surface area contributed by atoms with Gasteiger partial charge in [0.15, 0.2) is 5.78 Å². The molecule has 0 saturated carbocycles. The maximum atomic E-state index is 12.0. The van der Waals surface area contributed by atoms with Crippen LogP contribution in [0.5, 0.6) is 0 Å². The predicted molar refractivity (Wildman–Crippen MR) is 64.2 cm³/mol. The summed E-state index contributed by atoms with van der Waals surface area (Å²) < 4.78 is -0.371. The maximum Gasteiger partial charge on any atom is 0.243 e. The number of nitrogens with zero attached hydrogens (tertiary/aromatic N) is 1. The number of halogens is 1. The number of fused-ring (bicyclic) bond motifs is 1. The third kappa shape index (κ3) is 1.85. The van der Waals surface area contributed by atoms with Crippen LogP contribution in [0.2, 0.25) is 0 Å². The molecule has 16 heavy (non-hydrogen) atoms. The Kier molecular flexibility index (Phi) is 3.47. The van der Waals surface area contributed by atoms with Crippen molar-refractivity contribution in [3.8, 4) is 0 Å². The lowest BCUT2D eigenvalue weighted by atomic mass is 10.1. The Morgan fingerprint density at radius 3 is 2.94 bits per heavy atom. The average molecular weight is 263 g/mol. The summed E-state index contributed by atoms with van der Waals surface area (Å²) in [6.07, 6.45) is 2.04. The van der Waals surface area contributed by atoms with Gasteiger partial charge in [0, 0.05) is 6.42 Å². The summed E-state index contributed by atoms with van der Waals surface area (Å²) in [5.41, 5.74) is 5.73. The minimum absolute atomic E-state index is 0.0373. The first kappa shape index (κ1) is 12.2. The normalized spacial score (nSPS) is 38.7. The number of thioether (sulfide) groups is 1. The summed E-state index contributed by atoms with van der Waals surface area (Å²) in [5, 5.41) is 0.0373. The molecule has 90 valence electrons. The molecule has 0 aliphatic carbocycles. The molecule has 2 heterocycles. The number of carbonyl (C=O) groups is 2. The van der Waals surface area contributed by atoms with Crippen LogP contribution >= 0.6 is 23.4 Å². The van der Waals surface area contributed by atoms with Crippen LogP contribution in [0.25, 0.3) is 0 Å². The Balaban J connectivity index is 2.19. The van der Waals surface area contributed by atoms with Gasteiger partial charge in [-0.3, -0.25) is 9.59 Å². The molecular formula is C10H15ClN2O2S. The van der Waals surface area contributed by atoms with Crippen molar-refractivity contribution < 1.29 is 9.59 Å². The summed E-state index contributed by atoms with van der Waals surface area (Å²) in [6.45, 7) is 1.82. The zero-order valence-corrected chi connectivity index (χ0v) is 10.6. The zero-order chi connectivity index (χ0) is 11.9. The molecule has 2 aliphatic rings. The molecule has 4 nitrogen and oxygen atoms in total. The molecule has 2 rings (SSSR count). The van der Waals surface area contributed by atoms with Crippen molar-refractivity contribution in [2.75, 3.05) is 0 Å². The molecule has 0 aromatic heterocycles. The Labute approximate surface area is 104 Å². The molecule has 4 atom stereocenters. The molecule has 2 N–H and O–H groups in total. The fraction of sp³-hybridized carbons (Fsp3) is 0.800. The van der Waals surface area contributed by atoms with E-state index in [2.05, 4.69) is 0 Å².